The Morgan fingerprint density at radius 2 is 1.53 bits per heavy atom. The van der Waals surface area contributed by atoms with Crippen molar-refractivity contribution in [2.24, 2.45) is 0 Å². The van der Waals surface area contributed by atoms with Crippen molar-refractivity contribution in [1.82, 2.24) is 10.2 Å². The van der Waals surface area contributed by atoms with Crippen molar-refractivity contribution in [1.29, 1.82) is 0 Å². The molecular weight excluding hydrogens is 368 g/mol. The molecule has 0 radical (unpaired) electrons. The molecule has 30 heavy (non-hydrogen) atoms. The van der Waals surface area contributed by atoms with Crippen LogP contribution < -0.4 is 5.32 Å². The molecule has 1 heterocycles. The van der Waals surface area contributed by atoms with Crippen molar-refractivity contribution < 1.29 is 4.79 Å². The summed E-state index contributed by atoms with van der Waals surface area (Å²) in [5.74, 6) is -0.0448. The Labute approximate surface area is 179 Å². The highest BCUT2D eigenvalue weighted by molar-refractivity contribution is 5.94. The predicted molar refractivity (Wildman–Crippen MR) is 123 cm³/mol. The zero-order valence-electron chi connectivity index (χ0n) is 17.7. The molecule has 1 N–H and O–H groups in total. The van der Waals surface area contributed by atoms with E-state index in [-0.39, 0.29) is 11.9 Å². The highest BCUT2D eigenvalue weighted by Gasteiger charge is 2.19. The van der Waals surface area contributed by atoms with Gasteiger partial charge in [0.1, 0.15) is 0 Å². The molecule has 3 heteroatoms. The summed E-state index contributed by atoms with van der Waals surface area (Å²) in [6.07, 6.45) is 3.93. The van der Waals surface area contributed by atoms with Crippen LogP contribution in [0.1, 0.15) is 57.9 Å². The molecule has 1 aliphatic rings. The van der Waals surface area contributed by atoms with E-state index >= 15 is 0 Å². The molecule has 0 bridgehead atoms. The maximum atomic E-state index is 13.1. The number of piperidine rings is 1. The van der Waals surface area contributed by atoms with Gasteiger partial charge in [0.15, 0.2) is 0 Å². The van der Waals surface area contributed by atoms with Crippen LogP contribution in [0.4, 0.5) is 0 Å². The van der Waals surface area contributed by atoms with Crippen molar-refractivity contribution in [2.75, 3.05) is 13.1 Å². The minimum atomic E-state index is -0.173. The summed E-state index contributed by atoms with van der Waals surface area (Å²) in [6.45, 7) is 5.42. The van der Waals surface area contributed by atoms with Gasteiger partial charge in [-0.3, -0.25) is 9.69 Å². The summed E-state index contributed by atoms with van der Waals surface area (Å²) in [5.41, 5.74) is 5.35. The van der Waals surface area contributed by atoms with E-state index in [4.69, 9.17) is 0 Å². The molecule has 0 spiro atoms. The van der Waals surface area contributed by atoms with Crippen LogP contribution in [0.15, 0.2) is 78.9 Å². The number of aryl methyl sites for hydroxylation is 1. The van der Waals surface area contributed by atoms with Gasteiger partial charge in [0.05, 0.1) is 6.04 Å². The highest BCUT2D eigenvalue weighted by Crippen LogP contribution is 2.25. The predicted octanol–water partition coefficient (Wildman–Crippen LogP) is 5.50. The van der Waals surface area contributed by atoms with Gasteiger partial charge in [-0.1, -0.05) is 73.2 Å². The number of hydrogen-bond donors (Lipinski definition) is 1. The fourth-order valence-electron chi connectivity index (χ4n) is 4.25. The van der Waals surface area contributed by atoms with Gasteiger partial charge in [0.25, 0.3) is 5.91 Å². The van der Waals surface area contributed by atoms with Gasteiger partial charge in [0, 0.05) is 12.1 Å². The maximum absolute atomic E-state index is 13.1. The second-order valence-electron chi connectivity index (χ2n) is 8.21. The number of carbonyl (C=O) groups excluding carboxylic acids is 1. The number of nitrogens with zero attached hydrogens (tertiary/aromatic N) is 1. The van der Waals surface area contributed by atoms with Crippen LogP contribution in [0.3, 0.4) is 0 Å². The lowest BCUT2D eigenvalue weighted by molar-refractivity contribution is 0.0943. The molecule has 0 unspecified atom stereocenters. The molecule has 1 saturated heterocycles. The normalized spacial score (nSPS) is 15.5. The zero-order valence-corrected chi connectivity index (χ0v) is 17.7. The molecule has 3 nitrogen and oxygen atoms in total. The Balaban J connectivity index is 1.50. The van der Waals surface area contributed by atoms with Gasteiger partial charge < -0.3 is 5.32 Å². The van der Waals surface area contributed by atoms with Crippen molar-refractivity contribution in [3.8, 4) is 0 Å². The van der Waals surface area contributed by atoms with E-state index in [9.17, 15) is 4.79 Å². The van der Waals surface area contributed by atoms with E-state index in [1.165, 1.54) is 43.5 Å². The fourth-order valence-corrected chi connectivity index (χ4v) is 4.25. The van der Waals surface area contributed by atoms with E-state index in [2.05, 4.69) is 53.5 Å². The van der Waals surface area contributed by atoms with Crippen LogP contribution in [-0.2, 0) is 6.54 Å². The molecular formula is C27H30N2O. The van der Waals surface area contributed by atoms with Gasteiger partial charge >= 0.3 is 0 Å². The largest absolute Gasteiger partial charge is 0.341 e. The van der Waals surface area contributed by atoms with E-state index in [1.54, 1.807) is 0 Å². The number of rotatable bonds is 6. The highest BCUT2D eigenvalue weighted by atomic mass is 16.1. The van der Waals surface area contributed by atoms with E-state index < -0.39 is 0 Å². The third-order valence-corrected chi connectivity index (χ3v) is 5.98. The first-order valence-electron chi connectivity index (χ1n) is 10.9. The summed E-state index contributed by atoms with van der Waals surface area (Å²) < 4.78 is 0. The first kappa shape index (κ1) is 20.4. The van der Waals surface area contributed by atoms with Crippen molar-refractivity contribution in [3.63, 3.8) is 0 Å². The van der Waals surface area contributed by atoms with Crippen molar-refractivity contribution in [2.45, 2.75) is 38.8 Å². The van der Waals surface area contributed by atoms with Crippen molar-refractivity contribution >= 4 is 5.91 Å². The summed E-state index contributed by atoms with van der Waals surface area (Å²) in [4.78, 5) is 15.6. The minimum Gasteiger partial charge on any atom is -0.341 e. The molecule has 3 aromatic rings. The van der Waals surface area contributed by atoms with Gasteiger partial charge in [0.2, 0.25) is 0 Å². The van der Waals surface area contributed by atoms with Crippen molar-refractivity contribution in [3.05, 3.63) is 107 Å². The molecule has 154 valence electrons. The van der Waals surface area contributed by atoms with E-state index in [0.717, 1.165) is 17.7 Å². The summed E-state index contributed by atoms with van der Waals surface area (Å²) in [7, 11) is 0. The van der Waals surface area contributed by atoms with Gasteiger partial charge in [-0.25, -0.2) is 0 Å². The van der Waals surface area contributed by atoms with Gasteiger partial charge in [-0.05, 0) is 67.2 Å². The number of likely N-dealkylation sites (tertiary alicyclic amines) is 1. The average molecular weight is 399 g/mol. The first-order valence-corrected chi connectivity index (χ1v) is 10.9. The maximum Gasteiger partial charge on any atom is 0.252 e. The van der Waals surface area contributed by atoms with Crippen LogP contribution in [-0.4, -0.2) is 23.9 Å². The van der Waals surface area contributed by atoms with Gasteiger partial charge in [-0.2, -0.15) is 0 Å². The molecule has 0 aliphatic carbocycles. The monoisotopic (exact) mass is 398 g/mol. The number of amides is 1. The zero-order chi connectivity index (χ0) is 20.8. The first-order chi connectivity index (χ1) is 14.7. The lowest BCUT2D eigenvalue weighted by atomic mass is 9.94. The molecule has 1 aliphatic heterocycles. The second kappa shape index (κ2) is 9.73. The van der Waals surface area contributed by atoms with E-state index in [0.29, 0.717) is 5.56 Å². The molecule has 1 fully saturated rings. The Bertz CT molecular complexity index is 960. The summed E-state index contributed by atoms with van der Waals surface area (Å²) in [5, 5.41) is 3.26. The summed E-state index contributed by atoms with van der Waals surface area (Å²) >= 11 is 0. The van der Waals surface area contributed by atoms with E-state index in [1.807, 2.05) is 42.5 Å². The van der Waals surface area contributed by atoms with Crippen LogP contribution >= 0.6 is 0 Å². The van der Waals surface area contributed by atoms with Crippen LogP contribution in [0.5, 0.6) is 0 Å². The number of nitrogens with one attached hydrogen (secondary N) is 1. The minimum absolute atomic E-state index is 0.0448. The number of hydrogen-bond acceptors (Lipinski definition) is 2. The molecule has 1 amide bonds. The van der Waals surface area contributed by atoms with Crippen LogP contribution in [0, 0.1) is 6.92 Å². The Hall–Kier alpha value is -2.91. The van der Waals surface area contributed by atoms with Crippen LogP contribution in [0.2, 0.25) is 0 Å². The Morgan fingerprint density at radius 1 is 0.867 bits per heavy atom. The number of carbonyl (C=O) groups is 1. The Morgan fingerprint density at radius 3 is 2.23 bits per heavy atom. The van der Waals surface area contributed by atoms with Crippen LogP contribution in [0.25, 0.3) is 0 Å². The third kappa shape index (κ3) is 4.98. The molecule has 3 aromatic carbocycles. The Kier molecular flexibility index (Phi) is 6.60. The lowest BCUT2D eigenvalue weighted by Gasteiger charge is -2.26. The fraction of sp³-hybridized carbons (Fsp3) is 0.296. The smallest absolute Gasteiger partial charge is 0.252 e. The topological polar surface area (TPSA) is 32.3 Å². The quantitative estimate of drug-likeness (QED) is 0.595. The molecule has 4 rings (SSSR count). The molecule has 0 aromatic heterocycles. The lowest BCUT2D eigenvalue weighted by Crippen LogP contribution is -2.30. The van der Waals surface area contributed by atoms with Gasteiger partial charge in [-0.15, -0.1) is 0 Å². The molecule has 0 saturated carbocycles. The second-order valence-corrected chi connectivity index (χ2v) is 8.21. The third-order valence-electron chi connectivity index (χ3n) is 5.98. The standard InChI is InChI=1S/C27H30N2O/c1-21-10-6-7-13-25(21)26(23-11-4-2-5-12-23)28-27(30)24-16-14-22(15-17-24)20-29-18-8-3-9-19-29/h2,4-7,10-17,26H,3,8-9,18-20H2,1H3,(H,28,30)/t26-/m0/s1. The summed E-state index contributed by atoms with van der Waals surface area (Å²) in [6, 6.07) is 26.3. The average Bonchev–Trinajstić information content (AvgIpc) is 2.80. The molecule has 1 atom stereocenters. The SMILES string of the molecule is Cc1ccccc1[C@@H](NC(=O)c1ccc(CN2CCCCC2)cc1)c1ccccc1. The number of benzene rings is 3.